The Morgan fingerprint density at radius 1 is 1.40 bits per heavy atom. The van der Waals surface area contributed by atoms with Gasteiger partial charge < -0.3 is 9.84 Å². The Bertz CT molecular complexity index is 359. The van der Waals surface area contributed by atoms with Crippen molar-refractivity contribution in [3.05, 3.63) is 24.0 Å². The summed E-state index contributed by atoms with van der Waals surface area (Å²) >= 11 is 0. The van der Waals surface area contributed by atoms with Crippen molar-refractivity contribution in [2.24, 2.45) is 0 Å². The molecule has 0 spiro atoms. The maximum absolute atomic E-state index is 10.7. The molecule has 1 N–H and O–H groups in total. The Kier molecular flexibility index (Phi) is 2.85. The van der Waals surface area contributed by atoms with E-state index < -0.39 is 5.97 Å². The SMILES string of the molecule is O=C(O)c1cncc(OC2CCCC2)c1. The van der Waals surface area contributed by atoms with E-state index in [4.69, 9.17) is 9.84 Å². The van der Waals surface area contributed by atoms with E-state index in [9.17, 15) is 4.79 Å². The predicted octanol–water partition coefficient (Wildman–Crippen LogP) is 2.10. The van der Waals surface area contributed by atoms with Gasteiger partial charge >= 0.3 is 5.97 Å². The highest BCUT2D eigenvalue weighted by Gasteiger charge is 2.17. The monoisotopic (exact) mass is 207 g/mol. The number of pyridine rings is 1. The molecular formula is C11H13NO3. The van der Waals surface area contributed by atoms with Gasteiger partial charge in [0.15, 0.2) is 0 Å². The highest BCUT2D eigenvalue weighted by molar-refractivity contribution is 5.87. The molecule has 80 valence electrons. The lowest BCUT2D eigenvalue weighted by atomic mass is 10.2. The number of nitrogens with zero attached hydrogens (tertiary/aromatic N) is 1. The molecular weight excluding hydrogens is 194 g/mol. The van der Waals surface area contributed by atoms with Crippen LogP contribution >= 0.6 is 0 Å². The number of carbonyl (C=O) groups is 1. The fourth-order valence-electron chi connectivity index (χ4n) is 1.80. The summed E-state index contributed by atoms with van der Waals surface area (Å²) < 4.78 is 5.64. The van der Waals surface area contributed by atoms with Crippen LogP contribution in [0.5, 0.6) is 5.75 Å². The predicted molar refractivity (Wildman–Crippen MR) is 54.1 cm³/mol. The van der Waals surface area contributed by atoms with Crippen LogP contribution in [0.1, 0.15) is 36.0 Å². The number of hydrogen-bond acceptors (Lipinski definition) is 3. The molecule has 0 saturated heterocycles. The molecule has 0 unspecified atom stereocenters. The fourth-order valence-corrected chi connectivity index (χ4v) is 1.80. The summed E-state index contributed by atoms with van der Waals surface area (Å²) in [7, 11) is 0. The summed E-state index contributed by atoms with van der Waals surface area (Å²) in [5.41, 5.74) is 0.172. The van der Waals surface area contributed by atoms with Crippen LogP contribution in [0.4, 0.5) is 0 Å². The van der Waals surface area contributed by atoms with Crippen LogP contribution in [-0.4, -0.2) is 22.2 Å². The Morgan fingerprint density at radius 3 is 2.80 bits per heavy atom. The molecule has 1 aromatic rings. The van der Waals surface area contributed by atoms with Crippen molar-refractivity contribution in [3.8, 4) is 5.75 Å². The zero-order chi connectivity index (χ0) is 10.7. The molecule has 4 heteroatoms. The smallest absolute Gasteiger partial charge is 0.337 e. The summed E-state index contributed by atoms with van der Waals surface area (Å²) in [4.78, 5) is 14.5. The Morgan fingerprint density at radius 2 is 2.13 bits per heavy atom. The minimum atomic E-state index is -0.973. The first-order valence-electron chi connectivity index (χ1n) is 5.11. The van der Waals surface area contributed by atoms with E-state index in [2.05, 4.69) is 4.98 Å². The molecule has 0 amide bonds. The van der Waals surface area contributed by atoms with Gasteiger partial charge in [-0.15, -0.1) is 0 Å². The molecule has 1 fully saturated rings. The maximum Gasteiger partial charge on any atom is 0.337 e. The molecule has 0 radical (unpaired) electrons. The van der Waals surface area contributed by atoms with E-state index in [1.165, 1.54) is 25.1 Å². The molecule has 1 aliphatic rings. The van der Waals surface area contributed by atoms with Gasteiger partial charge in [-0.25, -0.2) is 4.79 Å². The molecule has 0 aromatic carbocycles. The molecule has 1 aliphatic carbocycles. The lowest BCUT2D eigenvalue weighted by molar-refractivity contribution is 0.0695. The van der Waals surface area contributed by atoms with E-state index in [-0.39, 0.29) is 11.7 Å². The minimum absolute atomic E-state index is 0.172. The second-order valence-electron chi connectivity index (χ2n) is 3.74. The first kappa shape index (κ1) is 9.96. The van der Waals surface area contributed by atoms with Gasteiger partial charge in [-0.05, 0) is 31.7 Å². The van der Waals surface area contributed by atoms with Crippen molar-refractivity contribution in [2.45, 2.75) is 31.8 Å². The molecule has 15 heavy (non-hydrogen) atoms. The van der Waals surface area contributed by atoms with Crippen molar-refractivity contribution in [2.75, 3.05) is 0 Å². The largest absolute Gasteiger partial charge is 0.489 e. The third kappa shape index (κ3) is 2.46. The molecule has 0 aliphatic heterocycles. The van der Waals surface area contributed by atoms with Crippen molar-refractivity contribution in [1.29, 1.82) is 0 Å². The van der Waals surface area contributed by atoms with Crippen LogP contribution in [-0.2, 0) is 0 Å². The molecule has 0 atom stereocenters. The number of aromatic carboxylic acids is 1. The molecule has 0 bridgehead atoms. The van der Waals surface area contributed by atoms with Crippen molar-refractivity contribution < 1.29 is 14.6 Å². The van der Waals surface area contributed by atoms with Gasteiger partial charge in [0, 0.05) is 6.20 Å². The molecule has 1 heterocycles. The van der Waals surface area contributed by atoms with Crippen LogP contribution in [0.2, 0.25) is 0 Å². The zero-order valence-electron chi connectivity index (χ0n) is 8.35. The Labute approximate surface area is 87.9 Å². The van der Waals surface area contributed by atoms with Crippen LogP contribution in [0.15, 0.2) is 18.5 Å². The fraction of sp³-hybridized carbons (Fsp3) is 0.455. The Balaban J connectivity index is 2.07. The highest BCUT2D eigenvalue weighted by atomic mass is 16.5. The van der Waals surface area contributed by atoms with Crippen molar-refractivity contribution >= 4 is 5.97 Å². The summed E-state index contributed by atoms with van der Waals surface area (Å²) in [6.45, 7) is 0. The first-order valence-corrected chi connectivity index (χ1v) is 5.11. The average Bonchev–Trinajstić information content (AvgIpc) is 2.71. The average molecular weight is 207 g/mol. The lowest BCUT2D eigenvalue weighted by Crippen LogP contribution is -2.11. The van der Waals surface area contributed by atoms with Gasteiger partial charge in [0.05, 0.1) is 17.9 Å². The Hall–Kier alpha value is -1.58. The molecule has 1 aromatic heterocycles. The number of ether oxygens (including phenoxy) is 1. The van der Waals surface area contributed by atoms with Gasteiger partial charge in [0.25, 0.3) is 0 Å². The summed E-state index contributed by atoms with van der Waals surface area (Å²) in [5.74, 6) is -0.416. The maximum atomic E-state index is 10.7. The normalized spacial score (nSPS) is 16.5. The summed E-state index contributed by atoms with van der Waals surface area (Å²) in [6, 6.07) is 1.52. The van der Waals surface area contributed by atoms with E-state index in [0.29, 0.717) is 5.75 Å². The minimum Gasteiger partial charge on any atom is -0.489 e. The summed E-state index contributed by atoms with van der Waals surface area (Å²) in [5, 5.41) is 8.77. The van der Waals surface area contributed by atoms with Gasteiger partial charge in [0.2, 0.25) is 0 Å². The highest BCUT2D eigenvalue weighted by Crippen LogP contribution is 2.23. The second kappa shape index (κ2) is 4.29. The second-order valence-corrected chi connectivity index (χ2v) is 3.74. The number of carboxylic acid groups (broad SMARTS) is 1. The van der Waals surface area contributed by atoms with Crippen LogP contribution < -0.4 is 4.74 Å². The van der Waals surface area contributed by atoms with E-state index in [1.807, 2.05) is 0 Å². The van der Waals surface area contributed by atoms with E-state index in [1.54, 1.807) is 6.20 Å². The number of hydrogen-bond donors (Lipinski definition) is 1. The van der Waals surface area contributed by atoms with Gasteiger partial charge in [-0.1, -0.05) is 0 Å². The van der Waals surface area contributed by atoms with Crippen LogP contribution in [0.3, 0.4) is 0 Å². The standard InChI is InChI=1S/C11H13NO3/c13-11(14)8-5-10(7-12-6-8)15-9-3-1-2-4-9/h5-7,9H,1-4H2,(H,13,14). The molecule has 1 saturated carbocycles. The first-order chi connectivity index (χ1) is 7.25. The van der Waals surface area contributed by atoms with Crippen LogP contribution in [0.25, 0.3) is 0 Å². The van der Waals surface area contributed by atoms with Gasteiger partial charge in [-0.2, -0.15) is 0 Å². The van der Waals surface area contributed by atoms with Crippen LogP contribution in [0, 0.1) is 0 Å². The lowest BCUT2D eigenvalue weighted by Gasteiger charge is -2.12. The zero-order valence-corrected chi connectivity index (χ0v) is 8.35. The van der Waals surface area contributed by atoms with Gasteiger partial charge in [-0.3, -0.25) is 4.98 Å². The quantitative estimate of drug-likeness (QED) is 0.824. The van der Waals surface area contributed by atoms with E-state index in [0.717, 1.165) is 12.8 Å². The topological polar surface area (TPSA) is 59.4 Å². The number of carboxylic acids is 1. The molecule has 2 rings (SSSR count). The summed E-state index contributed by atoms with van der Waals surface area (Å²) in [6.07, 6.45) is 7.60. The third-order valence-corrected chi connectivity index (χ3v) is 2.57. The van der Waals surface area contributed by atoms with Crippen molar-refractivity contribution in [3.63, 3.8) is 0 Å². The van der Waals surface area contributed by atoms with Crippen molar-refractivity contribution in [1.82, 2.24) is 4.98 Å². The number of aromatic nitrogens is 1. The molecule has 4 nitrogen and oxygen atoms in total. The third-order valence-electron chi connectivity index (χ3n) is 2.57. The van der Waals surface area contributed by atoms with Gasteiger partial charge in [0.1, 0.15) is 5.75 Å². The van der Waals surface area contributed by atoms with E-state index >= 15 is 0 Å². The number of rotatable bonds is 3.